The van der Waals surface area contributed by atoms with Gasteiger partial charge in [-0.25, -0.2) is 4.79 Å². The van der Waals surface area contributed by atoms with E-state index in [1.165, 1.54) is 16.7 Å². The van der Waals surface area contributed by atoms with Gasteiger partial charge in [-0.05, 0) is 130 Å². The minimum absolute atomic E-state index is 0.123. The molecule has 0 spiro atoms. The Morgan fingerprint density at radius 1 is 0.812 bits per heavy atom. The van der Waals surface area contributed by atoms with Gasteiger partial charge in [-0.3, -0.25) is 0 Å². The van der Waals surface area contributed by atoms with E-state index in [0.717, 1.165) is 36.0 Å². The Morgan fingerprint density at radius 2 is 1.31 bits per heavy atom. The van der Waals surface area contributed by atoms with E-state index in [9.17, 15) is 4.79 Å². The van der Waals surface area contributed by atoms with Gasteiger partial charge in [0.1, 0.15) is 23.1 Å². The van der Waals surface area contributed by atoms with Crippen LogP contribution in [0.5, 0.6) is 11.5 Å². The minimum atomic E-state index is -0.574. The highest BCUT2D eigenvalue weighted by Crippen LogP contribution is 2.28. The molecule has 0 N–H and O–H groups in total. The van der Waals surface area contributed by atoms with E-state index in [4.69, 9.17) is 42.9 Å². The molecule has 48 heavy (non-hydrogen) atoms. The molecule has 1 atom stereocenters. The second kappa shape index (κ2) is 17.8. The standard InChI is InChI=1S/C38H42Cl2N4O4/c1-38(2,3)48-37(45)30-13-21-35(22-14-30)47-26-33(42-43-41)25-46-34-19-7-27(8-20-34)6-5-23-44(4)24-36(28-9-15-31(39)16-10-28)29-11-17-32(40)18-12-29/h7-22,33,36H,5-6,23-26H2,1-4H3. The summed E-state index contributed by atoms with van der Waals surface area (Å²) in [5.41, 5.74) is 12.5. The molecule has 0 saturated heterocycles. The lowest BCUT2D eigenvalue weighted by atomic mass is 9.91. The number of azide groups is 1. The summed E-state index contributed by atoms with van der Waals surface area (Å²) in [5, 5.41) is 5.27. The summed E-state index contributed by atoms with van der Waals surface area (Å²) < 4.78 is 17.1. The fraction of sp³-hybridized carbons (Fsp3) is 0.342. The van der Waals surface area contributed by atoms with E-state index in [-0.39, 0.29) is 19.1 Å². The van der Waals surface area contributed by atoms with Crippen LogP contribution in [0.15, 0.2) is 102 Å². The van der Waals surface area contributed by atoms with Crippen molar-refractivity contribution in [3.8, 4) is 11.5 Å². The van der Waals surface area contributed by atoms with Crippen LogP contribution in [0.4, 0.5) is 0 Å². The number of halogens is 2. The molecule has 4 aromatic carbocycles. The number of carbonyl (C=O) groups excluding carboxylic acids is 1. The first-order valence-electron chi connectivity index (χ1n) is 15.9. The quantitative estimate of drug-likeness (QED) is 0.0505. The number of benzene rings is 4. The van der Waals surface area contributed by atoms with E-state index in [2.05, 4.69) is 58.4 Å². The van der Waals surface area contributed by atoms with Gasteiger partial charge in [-0.2, -0.15) is 0 Å². The third kappa shape index (κ3) is 12.1. The van der Waals surface area contributed by atoms with Crippen LogP contribution >= 0.6 is 23.2 Å². The Hall–Kier alpha value is -4.20. The van der Waals surface area contributed by atoms with Crippen molar-refractivity contribution in [2.75, 3.05) is 33.4 Å². The molecule has 1 unspecified atom stereocenters. The summed E-state index contributed by atoms with van der Waals surface area (Å²) in [4.78, 5) is 17.5. The monoisotopic (exact) mass is 688 g/mol. The smallest absolute Gasteiger partial charge is 0.338 e. The molecular formula is C38H42Cl2N4O4. The number of esters is 1. The van der Waals surface area contributed by atoms with Gasteiger partial charge < -0.3 is 19.1 Å². The second-order valence-corrected chi connectivity index (χ2v) is 13.5. The van der Waals surface area contributed by atoms with Crippen LogP contribution in [-0.4, -0.2) is 55.9 Å². The fourth-order valence-corrected chi connectivity index (χ4v) is 5.35. The summed E-state index contributed by atoms with van der Waals surface area (Å²) in [7, 11) is 2.15. The molecule has 4 aromatic rings. The van der Waals surface area contributed by atoms with Crippen molar-refractivity contribution in [3.63, 3.8) is 0 Å². The van der Waals surface area contributed by atoms with Crippen molar-refractivity contribution >= 4 is 29.2 Å². The lowest BCUT2D eigenvalue weighted by molar-refractivity contribution is 0.00694. The van der Waals surface area contributed by atoms with Crippen molar-refractivity contribution in [2.45, 2.75) is 51.2 Å². The van der Waals surface area contributed by atoms with Crippen LogP contribution in [0, 0.1) is 0 Å². The van der Waals surface area contributed by atoms with E-state index >= 15 is 0 Å². The van der Waals surface area contributed by atoms with Gasteiger partial charge in [0.15, 0.2) is 0 Å². The van der Waals surface area contributed by atoms with Crippen molar-refractivity contribution in [2.24, 2.45) is 5.11 Å². The molecule has 0 aromatic heterocycles. The first-order chi connectivity index (χ1) is 23.0. The predicted molar refractivity (Wildman–Crippen MR) is 193 cm³/mol. The van der Waals surface area contributed by atoms with Crippen LogP contribution < -0.4 is 9.47 Å². The summed E-state index contributed by atoms with van der Waals surface area (Å²) >= 11 is 12.3. The predicted octanol–water partition coefficient (Wildman–Crippen LogP) is 9.78. The number of nitrogens with zero attached hydrogens (tertiary/aromatic N) is 4. The molecule has 0 amide bonds. The number of likely N-dealkylation sites (N-methyl/N-ethyl adjacent to an activating group) is 1. The van der Waals surface area contributed by atoms with E-state index in [0.29, 0.717) is 17.1 Å². The fourth-order valence-electron chi connectivity index (χ4n) is 5.10. The molecule has 0 radical (unpaired) electrons. The number of carbonyl (C=O) groups is 1. The van der Waals surface area contributed by atoms with E-state index in [1.807, 2.05) is 57.2 Å². The third-order valence-corrected chi connectivity index (χ3v) is 8.06. The zero-order valence-corrected chi connectivity index (χ0v) is 29.3. The molecule has 0 aliphatic heterocycles. The van der Waals surface area contributed by atoms with E-state index in [1.54, 1.807) is 24.3 Å². The van der Waals surface area contributed by atoms with Crippen LogP contribution in [0.1, 0.15) is 60.2 Å². The van der Waals surface area contributed by atoms with Crippen LogP contribution in [0.25, 0.3) is 10.4 Å². The Bertz CT molecular complexity index is 1590. The molecule has 4 rings (SSSR count). The molecule has 8 nitrogen and oxygen atoms in total. The van der Waals surface area contributed by atoms with Gasteiger partial charge >= 0.3 is 5.97 Å². The lowest BCUT2D eigenvalue weighted by Crippen LogP contribution is -2.26. The van der Waals surface area contributed by atoms with Crippen LogP contribution in [0.2, 0.25) is 10.0 Å². The van der Waals surface area contributed by atoms with Crippen LogP contribution in [0.3, 0.4) is 0 Å². The largest absolute Gasteiger partial charge is 0.493 e. The lowest BCUT2D eigenvalue weighted by Gasteiger charge is -2.25. The number of hydrogen-bond donors (Lipinski definition) is 0. The Balaban J connectivity index is 1.22. The van der Waals surface area contributed by atoms with Gasteiger partial charge in [-0.1, -0.05) is 64.7 Å². The average Bonchev–Trinajstić information content (AvgIpc) is 3.06. The van der Waals surface area contributed by atoms with Gasteiger partial charge in [-0.15, -0.1) is 0 Å². The van der Waals surface area contributed by atoms with Gasteiger partial charge in [0, 0.05) is 27.4 Å². The zero-order valence-electron chi connectivity index (χ0n) is 27.8. The van der Waals surface area contributed by atoms with Crippen molar-refractivity contribution in [1.82, 2.24) is 4.90 Å². The maximum absolute atomic E-state index is 12.2. The van der Waals surface area contributed by atoms with Crippen molar-refractivity contribution in [3.05, 3.63) is 140 Å². The summed E-state index contributed by atoms with van der Waals surface area (Å²) in [6.07, 6.45) is 1.93. The normalized spacial score (nSPS) is 12.0. The number of aryl methyl sites for hydroxylation is 1. The highest BCUT2D eigenvalue weighted by Gasteiger charge is 2.19. The summed E-state index contributed by atoms with van der Waals surface area (Å²) in [6, 6.07) is 30.2. The molecule has 0 heterocycles. The topological polar surface area (TPSA) is 96.8 Å². The molecule has 0 fully saturated rings. The average molecular weight is 690 g/mol. The SMILES string of the molecule is CN(CCCc1ccc(OCC(COc2ccc(C(=O)OC(C)(C)C)cc2)N=[N+]=[N-])cc1)CC(c1ccc(Cl)cc1)c1ccc(Cl)cc1. The molecule has 0 aliphatic carbocycles. The summed E-state index contributed by atoms with van der Waals surface area (Å²) in [6.45, 7) is 7.54. The molecule has 10 heteroatoms. The Morgan fingerprint density at radius 3 is 1.79 bits per heavy atom. The first kappa shape index (κ1) is 36.6. The second-order valence-electron chi connectivity index (χ2n) is 12.7. The van der Waals surface area contributed by atoms with Crippen molar-refractivity contribution in [1.29, 1.82) is 0 Å². The minimum Gasteiger partial charge on any atom is -0.493 e. The van der Waals surface area contributed by atoms with E-state index < -0.39 is 17.6 Å². The molecule has 0 bridgehead atoms. The Labute approximate surface area is 293 Å². The highest BCUT2D eigenvalue weighted by atomic mass is 35.5. The first-order valence-corrected chi connectivity index (χ1v) is 16.7. The molecule has 252 valence electrons. The Kier molecular flexibility index (Phi) is 13.6. The number of hydrogen-bond acceptors (Lipinski definition) is 6. The maximum atomic E-state index is 12.2. The van der Waals surface area contributed by atoms with Crippen LogP contribution in [-0.2, 0) is 11.2 Å². The summed E-state index contributed by atoms with van der Waals surface area (Å²) in [5.74, 6) is 1.03. The van der Waals surface area contributed by atoms with Gasteiger partial charge in [0.2, 0.25) is 0 Å². The zero-order chi connectivity index (χ0) is 34.5. The third-order valence-electron chi connectivity index (χ3n) is 7.56. The van der Waals surface area contributed by atoms with Gasteiger partial charge in [0.25, 0.3) is 0 Å². The molecule has 0 saturated carbocycles. The maximum Gasteiger partial charge on any atom is 0.338 e. The highest BCUT2D eigenvalue weighted by molar-refractivity contribution is 6.30. The number of rotatable bonds is 16. The molecule has 0 aliphatic rings. The molecular weight excluding hydrogens is 647 g/mol. The van der Waals surface area contributed by atoms with Crippen molar-refractivity contribution < 1.29 is 19.0 Å². The number of ether oxygens (including phenoxy) is 3. The van der Waals surface area contributed by atoms with Gasteiger partial charge in [0.05, 0.1) is 18.8 Å².